The Balaban J connectivity index is 2.46. The van der Waals surface area contributed by atoms with E-state index in [0.29, 0.717) is 25.1 Å². The second-order valence-corrected chi connectivity index (χ2v) is 11.2. The van der Waals surface area contributed by atoms with Gasteiger partial charge in [-0.25, -0.2) is 8.42 Å². The highest BCUT2D eigenvalue weighted by Crippen LogP contribution is 2.21. The van der Waals surface area contributed by atoms with Gasteiger partial charge in [0.15, 0.2) is 5.96 Å². The van der Waals surface area contributed by atoms with Gasteiger partial charge in [-0.1, -0.05) is 13.8 Å². The molecular formula is C20H42N4O3S. The second-order valence-electron chi connectivity index (χ2n) is 8.92. The molecule has 0 spiro atoms. The molecule has 28 heavy (non-hydrogen) atoms. The topological polar surface area (TPSA) is 83.0 Å². The fraction of sp³-hybridized carbons (Fsp3) is 0.950. The van der Waals surface area contributed by atoms with Crippen molar-refractivity contribution in [1.29, 1.82) is 0 Å². The Morgan fingerprint density at radius 3 is 2.46 bits per heavy atom. The van der Waals surface area contributed by atoms with Crippen LogP contribution in [0.25, 0.3) is 0 Å². The third kappa shape index (κ3) is 11.9. The predicted molar refractivity (Wildman–Crippen MR) is 118 cm³/mol. The average Bonchev–Trinajstić information content (AvgIpc) is 2.59. The lowest BCUT2D eigenvalue weighted by Crippen LogP contribution is -2.49. The normalized spacial score (nSPS) is 17.9. The van der Waals surface area contributed by atoms with Crippen LogP contribution in [0.15, 0.2) is 4.99 Å². The van der Waals surface area contributed by atoms with Crippen LogP contribution in [0.5, 0.6) is 0 Å². The van der Waals surface area contributed by atoms with E-state index < -0.39 is 9.84 Å². The van der Waals surface area contributed by atoms with Crippen LogP contribution in [-0.2, 0) is 14.6 Å². The molecule has 0 aromatic carbocycles. The van der Waals surface area contributed by atoms with Crippen LogP contribution in [0.2, 0.25) is 0 Å². The van der Waals surface area contributed by atoms with Gasteiger partial charge in [-0.05, 0) is 45.4 Å². The van der Waals surface area contributed by atoms with Crippen molar-refractivity contribution >= 4 is 15.8 Å². The fourth-order valence-corrected chi connectivity index (χ4v) is 3.99. The van der Waals surface area contributed by atoms with E-state index in [-0.39, 0.29) is 11.2 Å². The zero-order chi connectivity index (χ0) is 21.2. The van der Waals surface area contributed by atoms with Crippen molar-refractivity contribution in [1.82, 2.24) is 15.5 Å². The molecule has 0 atom stereocenters. The molecule has 0 aromatic rings. The van der Waals surface area contributed by atoms with E-state index in [1.54, 1.807) is 0 Å². The molecule has 1 aliphatic heterocycles. The van der Waals surface area contributed by atoms with Gasteiger partial charge < -0.3 is 20.3 Å². The summed E-state index contributed by atoms with van der Waals surface area (Å²) in [5.41, 5.74) is -0.148. The first kappa shape index (κ1) is 25.2. The number of aliphatic imine (C=N–C) groups is 1. The minimum Gasteiger partial charge on any atom is -0.377 e. The zero-order valence-corrected chi connectivity index (χ0v) is 19.6. The fourth-order valence-electron chi connectivity index (χ4n) is 3.07. The molecule has 1 heterocycles. The molecular weight excluding hydrogens is 376 g/mol. The third-order valence-electron chi connectivity index (χ3n) is 4.95. The standard InChI is InChI=1S/C20H42N4O3S/c1-7-21-19(22-16-20(4,5)10-15-28(6,25)26)23-18-8-11-24(12-9-18)13-14-27-17(2)3/h17-18H,7-16H2,1-6H3,(H2,21,22,23). The largest absolute Gasteiger partial charge is 0.377 e. The number of piperidine rings is 1. The Morgan fingerprint density at radius 1 is 1.29 bits per heavy atom. The van der Waals surface area contributed by atoms with Crippen molar-refractivity contribution in [2.24, 2.45) is 10.4 Å². The molecule has 0 bridgehead atoms. The minimum absolute atomic E-state index is 0.148. The highest BCUT2D eigenvalue weighted by atomic mass is 32.2. The Hall–Kier alpha value is -0.860. The van der Waals surface area contributed by atoms with Crippen LogP contribution in [0.3, 0.4) is 0 Å². The number of nitrogens with zero attached hydrogens (tertiary/aromatic N) is 2. The summed E-state index contributed by atoms with van der Waals surface area (Å²) >= 11 is 0. The van der Waals surface area contributed by atoms with Crippen molar-refractivity contribution in [3.63, 3.8) is 0 Å². The first-order valence-electron chi connectivity index (χ1n) is 10.6. The van der Waals surface area contributed by atoms with E-state index >= 15 is 0 Å². The van der Waals surface area contributed by atoms with Crippen LogP contribution in [0.1, 0.15) is 53.9 Å². The van der Waals surface area contributed by atoms with Crippen LogP contribution in [0.4, 0.5) is 0 Å². The summed E-state index contributed by atoms with van der Waals surface area (Å²) < 4.78 is 28.5. The SMILES string of the molecule is CCNC(=NCC(C)(C)CCS(C)(=O)=O)NC1CCN(CCOC(C)C)CC1. The highest BCUT2D eigenvalue weighted by molar-refractivity contribution is 7.90. The number of nitrogens with one attached hydrogen (secondary N) is 2. The molecule has 0 radical (unpaired) electrons. The van der Waals surface area contributed by atoms with Crippen molar-refractivity contribution in [3.05, 3.63) is 0 Å². The Morgan fingerprint density at radius 2 is 1.93 bits per heavy atom. The van der Waals surface area contributed by atoms with Crippen LogP contribution < -0.4 is 10.6 Å². The Kier molecular flexibility index (Phi) is 10.8. The van der Waals surface area contributed by atoms with Crippen LogP contribution in [0, 0.1) is 5.41 Å². The first-order valence-corrected chi connectivity index (χ1v) is 12.6. The van der Waals surface area contributed by atoms with E-state index in [9.17, 15) is 8.42 Å². The summed E-state index contributed by atoms with van der Waals surface area (Å²) in [6.07, 6.45) is 4.37. The lowest BCUT2D eigenvalue weighted by molar-refractivity contribution is 0.0532. The molecule has 7 nitrogen and oxygen atoms in total. The lowest BCUT2D eigenvalue weighted by atomic mass is 9.90. The molecule has 2 N–H and O–H groups in total. The van der Waals surface area contributed by atoms with Crippen molar-refractivity contribution in [2.45, 2.75) is 66.0 Å². The molecule has 1 fully saturated rings. The van der Waals surface area contributed by atoms with E-state index in [0.717, 1.165) is 51.6 Å². The van der Waals surface area contributed by atoms with E-state index in [2.05, 4.69) is 50.2 Å². The van der Waals surface area contributed by atoms with Gasteiger partial charge >= 0.3 is 0 Å². The monoisotopic (exact) mass is 418 g/mol. The molecule has 0 aliphatic carbocycles. The maximum atomic E-state index is 11.4. The smallest absolute Gasteiger partial charge is 0.191 e. The van der Waals surface area contributed by atoms with Crippen molar-refractivity contribution < 1.29 is 13.2 Å². The van der Waals surface area contributed by atoms with Gasteiger partial charge in [0.2, 0.25) is 0 Å². The van der Waals surface area contributed by atoms with Gasteiger partial charge in [0.25, 0.3) is 0 Å². The summed E-state index contributed by atoms with van der Waals surface area (Å²) in [7, 11) is -2.94. The van der Waals surface area contributed by atoms with Gasteiger partial charge in [0, 0.05) is 45.0 Å². The number of likely N-dealkylation sites (tertiary alicyclic amines) is 1. The summed E-state index contributed by atoms with van der Waals surface area (Å²) in [5, 5.41) is 6.88. The van der Waals surface area contributed by atoms with Gasteiger partial charge in [-0.15, -0.1) is 0 Å². The Labute approximate surface area is 172 Å². The average molecular weight is 419 g/mol. The second kappa shape index (κ2) is 12.0. The number of sulfone groups is 1. The zero-order valence-electron chi connectivity index (χ0n) is 18.8. The number of hydrogen-bond donors (Lipinski definition) is 2. The van der Waals surface area contributed by atoms with Crippen molar-refractivity contribution in [3.8, 4) is 0 Å². The summed E-state index contributed by atoms with van der Waals surface area (Å²) in [6, 6.07) is 0.416. The van der Waals surface area contributed by atoms with Crippen LogP contribution >= 0.6 is 0 Å². The number of rotatable bonds is 11. The van der Waals surface area contributed by atoms with Gasteiger partial charge in [0.05, 0.1) is 18.5 Å². The molecule has 1 saturated heterocycles. The van der Waals surface area contributed by atoms with Gasteiger partial charge in [-0.2, -0.15) is 0 Å². The number of ether oxygens (including phenoxy) is 1. The highest BCUT2D eigenvalue weighted by Gasteiger charge is 2.22. The molecule has 1 rings (SSSR count). The number of guanidine groups is 1. The Bertz CT molecular complexity index is 568. The molecule has 166 valence electrons. The summed E-state index contributed by atoms with van der Waals surface area (Å²) in [5.74, 6) is 1.04. The van der Waals surface area contributed by atoms with E-state index in [1.165, 1.54) is 6.26 Å². The third-order valence-corrected chi connectivity index (χ3v) is 5.89. The molecule has 8 heteroatoms. The van der Waals surface area contributed by atoms with Crippen molar-refractivity contribution in [2.75, 3.05) is 51.3 Å². The first-order chi connectivity index (χ1) is 13.0. The summed E-state index contributed by atoms with van der Waals surface area (Å²) in [6.45, 7) is 15.7. The summed E-state index contributed by atoms with van der Waals surface area (Å²) in [4.78, 5) is 7.19. The molecule has 1 aliphatic rings. The van der Waals surface area contributed by atoms with Gasteiger partial charge in [0.1, 0.15) is 9.84 Å². The maximum Gasteiger partial charge on any atom is 0.191 e. The number of hydrogen-bond acceptors (Lipinski definition) is 5. The van der Waals surface area contributed by atoms with E-state index in [4.69, 9.17) is 9.73 Å². The van der Waals surface area contributed by atoms with Crippen LogP contribution in [-0.4, -0.2) is 82.8 Å². The van der Waals surface area contributed by atoms with E-state index in [1.807, 2.05) is 0 Å². The predicted octanol–water partition coefficient (Wildman–Crippen LogP) is 1.89. The lowest BCUT2D eigenvalue weighted by Gasteiger charge is -2.33. The molecule has 0 unspecified atom stereocenters. The minimum atomic E-state index is -2.94. The molecule has 0 aromatic heterocycles. The quantitative estimate of drug-likeness (QED) is 0.394. The van der Waals surface area contributed by atoms with Gasteiger partial charge in [-0.3, -0.25) is 4.99 Å². The molecule has 0 saturated carbocycles. The molecule has 0 amide bonds. The maximum absolute atomic E-state index is 11.4.